The molecular weight excluding hydrogens is 248 g/mol. The zero-order valence-corrected chi connectivity index (χ0v) is 12.5. The van der Waals surface area contributed by atoms with Gasteiger partial charge in [-0.05, 0) is 25.0 Å². The molecule has 108 valence electrons. The van der Waals surface area contributed by atoms with Gasteiger partial charge in [0.15, 0.2) is 0 Å². The third-order valence-corrected chi connectivity index (χ3v) is 3.95. The Kier molecular flexibility index (Phi) is 4.83. The first kappa shape index (κ1) is 14.6. The van der Waals surface area contributed by atoms with E-state index in [-0.39, 0.29) is 5.91 Å². The van der Waals surface area contributed by atoms with E-state index >= 15 is 0 Å². The molecule has 0 bridgehead atoms. The first-order valence-electron chi connectivity index (χ1n) is 7.50. The molecule has 0 unspecified atom stereocenters. The topological polar surface area (TPSA) is 48.0 Å². The van der Waals surface area contributed by atoms with Gasteiger partial charge >= 0.3 is 0 Å². The van der Waals surface area contributed by atoms with Crippen LogP contribution >= 0.6 is 0 Å². The van der Waals surface area contributed by atoms with E-state index in [1.165, 1.54) is 42.3 Å². The number of rotatable bonds is 7. The summed E-state index contributed by atoms with van der Waals surface area (Å²) in [6.45, 7) is 5.34. The van der Waals surface area contributed by atoms with Crippen molar-refractivity contribution in [2.75, 3.05) is 0 Å². The van der Waals surface area contributed by atoms with Crippen molar-refractivity contribution >= 4 is 16.8 Å². The van der Waals surface area contributed by atoms with Crippen LogP contribution in [0.15, 0.2) is 24.3 Å². The van der Waals surface area contributed by atoms with Crippen LogP contribution in [-0.4, -0.2) is 10.5 Å². The van der Waals surface area contributed by atoms with Crippen LogP contribution in [0.4, 0.5) is 0 Å². The second-order valence-corrected chi connectivity index (χ2v) is 5.44. The van der Waals surface area contributed by atoms with Crippen LogP contribution < -0.4 is 5.73 Å². The molecule has 1 aromatic carbocycles. The van der Waals surface area contributed by atoms with Gasteiger partial charge in [0, 0.05) is 23.1 Å². The van der Waals surface area contributed by atoms with Gasteiger partial charge in [0.25, 0.3) is 0 Å². The zero-order chi connectivity index (χ0) is 14.5. The molecule has 0 spiro atoms. The van der Waals surface area contributed by atoms with Gasteiger partial charge < -0.3 is 10.3 Å². The number of nitrogens with two attached hydrogens (primary N) is 1. The number of hydrogen-bond donors (Lipinski definition) is 1. The Balaban J connectivity index is 2.33. The molecule has 1 aromatic heterocycles. The molecule has 1 heterocycles. The number of carbonyl (C=O) groups excluding carboxylic acids is 1. The summed E-state index contributed by atoms with van der Waals surface area (Å²) in [5.41, 5.74) is 8.87. The smallest absolute Gasteiger partial charge is 0.221 e. The summed E-state index contributed by atoms with van der Waals surface area (Å²) in [4.78, 5) is 11.3. The van der Waals surface area contributed by atoms with Gasteiger partial charge in [-0.3, -0.25) is 4.79 Å². The predicted octanol–water partition coefficient (Wildman–Crippen LogP) is 3.56. The number of primary amides is 1. The van der Waals surface area contributed by atoms with Crippen molar-refractivity contribution in [2.24, 2.45) is 5.73 Å². The molecule has 0 fully saturated rings. The monoisotopic (exact) mass is 272 g/mol. The fourth-order valence-electron chi connectivity index (χ4n) is 2.88. The van der Waals surface area contributed by atoms with E-state index < -0.39 is 0 Å². The molecular formula is C17H24N2O. The number of benzene rings is 1. The number of aryl methyl sites for hydroxylation is 1. The van der Waals surface area contributed by atoms with E-state index in [1.807, 2.05) is 6.07 Å². The second-order valence-electron chi connectivity index (χ2n) is 5.44. The van der Waals surface area contributed by atoms with Crippen molar-refractivity contribution in [3.63, 3.8) is 0 Å². The summed E-state index contributed by atoms with van der Waals surface area (Å²) in [7, 11) is 0. The van der Waals surface area contributed by atoms with Crippen molar-refractivity contribution in [2.45, 2.75) is 52.5 Å². The highest BCUT2D eigenvalue weighted by atomic mass is 16.1. The average molecular weight is 272 g/mol. The molecule has 1 amide bonds. The Morgan fingerprint density at radius 2 is 1.95 bits per heavy atom. The number of aromatic nitrogens is 1. The molecule has 0 radical (unpaired) electrons. The quantitative estimate of drug-likeness (QED) is 0.770. The molecule has 0 aliphatic carbocycles. The van der Waals surface area contributed by atoms with Crippen molar-refractivity contribution in [3.05, 3.63) is 35.5 Å². The van der Waals surface area contributed by atoms with Crippen molar-refractivity contribution < 1.29 is 4.79 Å². The molecule has 2 N–H and O–H groups in total. The Hall–Kier alpha value is -1.77. The Morgan fingerprint density at radius 1 is 1.20 bits per heavy atom. The lowest BCUT2D eigenvalue weighted by molar-refractivity contribution is -0.117. The number of hydrogen-bond acceptors (Lipinski definition) is 1. The summed E-state index contributed by atoms with van der Waals surface area (Å²) < 4.78 is 2.34. The lowest BCUT2D eigenvalue weighted by Gasteiger charge is -2.08. The lowest BCUT2D eigenvalue weighted by atomic mass is 10.1. The van der Waals surface area contributed by atoms with Gasteiger partial charge in [-0.15, -0.1) is 0 Å². The summed E-state index contributed by atoms with van der Waals surface area (Å²) in [6, 6.07) is 8.29. The predicted molar refractivity (Wildman–Crippen MR) is 83.7 cm³/mol. The number of carbonyl (C=O) groups is 1. The lowest BCUT2D eigenvalue weighted by Crippen LogP contribution is -2.14. The van der Waals surface area contributed by atoms with Crippen LogP contribution in [-0.2, 0) is 17.8 Å². The molecule has 2 aromatic rings. The maximum absolute atomic E-state index is 11.3. The third-order valence-electron chi connectivity index (χ3n) is 3.95. The van der Waals surface area contributed by atoms with Gasteiger partial charge in [-0.25, -0.2) is 0 Å². The SMILES string of the molecule is CCCCCCn1c(C)c(CC(N)=O)c2ccccc21. The highest BCUT2D eigenvalue weighted by molar-refractivity contribution is 5.90. The average Bonchev–Trinajstić information content (AvgIpc) is 2.68. The number of nitrogens with zero attached hydrogens (tertiary/aromatic N) is 1. The maximum atomic E-state index is 11.3. The Bertz CT molecular complexity index is 598. The van der Waals surface area contributed by atoms with Gasteiger partial charge in [-0.1, -0.05) is 44.4 Å². The molecule has 0 saturated carbocycles. The van der Waals surface area contributed by atoms with E-state index in [1.54, 1.807) is 0 Å². The van der Waals surface area contributed by atoms with E-state index in [0.29, 0.717) is 6.42 Å². The largest absolute Gasteiger partial charge is 0.369 e. The third kappa shape index (κ3) is 3.03. The molecule has 20 heavy (non-hydrogen) atoms. The molecule has 2 rings (SSSR count). The molecule has 3 heteroatoms. The molecule has 0 saturated heterocycles. The summed E-state index contributed by atoms with van der Waals surface area (Å²) in [5.74, 6) is -0.262. The number of para-hydroxylation sites is 1. The number of amides is 1. The molecule has 0 aliphatic rings. The van der Waals surface area contributed by atoms with Crippen molar-refractivity contribution in [3.8, 4) is 0 Å². The highest BCUT2D eigenvalue weighted by Gasteiger charge is 2.14. The van der Waals surface area contributed by atoms with Gasteiger partial charge in [0.2, 0.25) is 5.91 Å². The Labute approximate surface area is 120 Å². The van der Waals surface area contributed by atoms with Crippen molar-refractivity contribution in [1.29, 1.82) is 0 Å². The maximum Gasteiger partial charge on any atom is 0.221 e. The van der Waals surface area contributed by atoms with Crippen LogP contribution in [0.25, 0.3) is 10.9 Å². The first-order valence-corrected chi connectivity index (χ1v) is 7.50. The minimum absolute atomic E-state index is 0.262. The van der Waals surface area contributed by atoms with Crippen LogP contribution in [0.2, 0.25) is 0 Å². The van der Waals surface area contributed by atoms with Gasteiger partial charge in [-0.2, -0.15) is 0 Å². The van der Waals surface area contributed by atoms with E-state index in [4.69, 9.17) is 5.73 Å². The minimum atomic E-state index is -0.262. The number of fused-ring (bicyclic) bond motifs is 1. The van der Waals surface area contributed by atoms with E-state index in [9.17, 15) is 4.79 Å². The summed E-state index contributed by atoms with van der Waals surface area (Å²) in [6.07, 6.45) is 5.30. The normalized spacial score (nSPS) is 11.1. The standard InChI is InChI=1S/C17H24N2O/c1-3-4-5-8-11-19-13(2)15(12-17(18)20)14-9-6-7-10-16(14)19/h6-7,9-10H,3-5,8,11-12H2,1-2H3,(H2,18,20). The van der Waals surface area contributed by atoms with Crippen LogP contribution in [0, 0.1) is 6.92 Å². The van der Waals surface area contributed by atoms with Crippen molar-refractivity contribution in [1.82, 2.24) is 4.57 Å². The summed E-state index contributed by atoms with van der Waals surface area (Å²) in [5, 5.41) is 1.17. The van der Waals surface area contributed by atoms with Gasteiger partial charge in [0.1, 0.15) is 0 Å². The fourth-order valence-corrected chi connectivity index (χ4v) is 2.88. The molecule has 0 atom stereocenters. The first-order chi connectivity index (χ1) is 9.65. The fraction of sp³-hybridized carbons (Fsp3) is 0.471. The van der Waals surface area contributed by atoms with Crippen LogP contribution in [0.1, 0.15) is 43.9 Å². The molecule has 0 aliphatic heterocycles. The second kappa shape index (κ2) is 6.60. The number of unbranched alkanes of at least 4 members (excludes halogenated alkanes) is 3. The Morgan fingerprint density at radius 3 is 2.65 bits per heavy atom. The van der Waals surface area contributed by atoms with Crippen LogP contribution in [0.5, 0.6) is 0 Å². The molecule has 3 nitrogen and oxygen atoms in total. The minimum Gasteiger partial charge on any atom is -0.369 e. The highest BCUT2D eigenvalue weighted by Crippen LogP contribution is 2.26. The van der Waals surface area contributed by atoms with E-state index in [0.717, 1.165) is 12.1 Å². The zero-order valence-electron chi connectivity index (χ0n) is 12.5. The van der Waals surface area contributed by atoms with Crippen LogP contribution in [0.3, 0.4) is 0 Å². The van der Waals surface area contributed by atoms with Gasteiger partial charge in [0.05, 0.1) is 6.42 Å². The summed E-state index contributed by atoms with van der Waals surface area (Å²) >= 11 is 0. The van der Waals surface area contributed by atoms with E-state index in [2.05, 4.69) is 36.6 Å².